The highest BCUT2D eigenvalue weighted by Crippen LogP contribution is 2.46. The van der Waals surface area contributed by atoms with Gasteiger partial charge in [0, 0.05) is 30.7 Å². The first-order chi connectivity index (χ1) is 13.0. The van der Waals surface area contributed by atoms with Crippen LogP contribution < -0.4 is 10.6 Å². The molecule has 5 aliphatic rings. The number of morpholine rings is 1. The van der Waals surface area contributed by atoms with Gasteiger partial charge in [-0.15, -0.1) is 0 Å². The number of amides is 2. The lowest BCUT2D eigenvalue weighted by atomic mass is 9.63. The van der Waals surface area contributed by atoms with Crippen molar-refractivity contribution in [3.8, 4) is 0 Å². The zero-order chi connectivity index (χ0) is 18.9. The van der Waals surface area contributed by atoms with E-state index in [1.54, 1.807) is 0 Å². The maximum absolute atomic E-state index is 12.6. The maximum atomic E-state index is 12.6. The Morgan fingerprint density at radius 3 is 2.33 bits per heavy atom. The zero-order valence-corrected chi connectivity index (χ0v) is 17.3. The SMILES string of the molecule is CC(NC(=O)NC1CCC(C)(N2CCOCC2)CC1)C1CC2CCC1CC2. The summed E-state index contributed by atoms with van der Waals surface area (Å²) in [6.45, 7) is 8.45. The average Bonchev–Trinajstić information content (AvgIpc) is 2.71. The molecule has 1 aliphatic heterocycles. The number of rotatable bonds is 4. The van der Waals surface area contributed by atoms with Gasteiger partial charge in [0.15, 0.2) is 0 Å². The highest BCUT2D eigenvalue weighted by atomic mass is 16.5. The van der Waals surface area contributed by atoms with Crippen molar-refractivity contribution in [3.63, 3.8) is 0 Å². The van der Waals surface area contributed by atoms with E-state index in [0.717, 1.165) is 51.0 Å². The van der Waals surface area contributed by atoms with Crippen molar-refractivity contribution in [1.29, 1.82) is 0 Å². The van der Waals surface area contributed by atoms with E-state index >= 15 is 0 Å². The molecule has 5 nitrogen and oxygen atoms in total. The smallest absolute Gasteiger partial charge is 0.315 e. The third-order valence-electron chi connectivity index (χ3n) is 8.28. The summed E-state index contributed by atoms with van der Waals surface area (Å²) in [7, 11) is 0. The Labute approximate surface area is 165 Å². The molecular formula is C22H39N3O2. The predicted molar refractivity (Wildman–Crippen MR) is 108 cm³/mol. The highest BCUT2D eigenvalue weighted by Gasteiger charge is 2.39. The van der Waals surface area contributed by atoms with Crippen LogP contribution in [0.15, 0.2) is 0 Å². The molecule has 1 saturated heterocycles. The molecule has 5 heteroatoms. The minimum Gasteiger partial charge on any atom is -0.379 e. The molecule has 27 heavy (non-hydrogen) atoms. The minimum absolute atomic E-state index is 0.0592. The lowest BCUT2D eigenvalue weighted by Crippen LogP contribution is -2.56. The van der Waals surface area contributed by atoms with Gasteiger partial charge in [-0.3, -0.25) is 4.90 Å². The van der Waals surface area contributed by atoms with Gasteiger partial charge < -0.3 is 15.4 Å². The first-order valence-electron chi connectivity index (χ1n) is 11.4. The molecule has 1 heterocycles. The number of nitrogens with one attached hydrogen (secondary N) is 2. The largest absolute Gasteiger partial charge is 0.379 e. The van der Waals surface area contributed by atoms with E-state index in [2.05, 4.69) is 29.4 Å². The number of hydrogen-bond acceptors (Lipinski definition) is 3. The van der Waals surface area contributed by atoms with Gasteiger partial charge in [-0.05, 0) is 76.5 Å². The Bertz CT molecular complexity index is 504. The second-order valence-corrected chi connectivity index (χ2v) is 9.96. The van der Waals surface area contributed by atoms with E-state index in [-0.39, 0.29) is 11.6 Å². The van der Waals surface area contributed by atoms with Crippen LogP contribution in [0.1, 0.15) is 71.6 Å². The normalized spacial score (nSPS) is 41.1. The molecule has 0 aromatic carbocycles. The molecule has 154 valence electrons. The summed E-state index contributed by atoms with van der Waals surface area (Å²) >= 11 is 0. The van der Waals surface area contributed by atoms with Gasteiger partial charge in [0.1, 0.15) is 0 Å². The van der Waals surface area contributed by atoms with Gasteiger partial charge in [0.2, 0.25) is 0 Å². The van der Waals surface area contributed by atoms with Gasteiger partial charge >= 0.3 is 6.03 Å². The standard InChI is InChI=1S/C22H39N3O2/c1-16(20-15-17-3-5-18(20)6-4-17)23-21(26)24-19-7-9-22(2,10-8-19)25-11-13-27-14-12-25/h16-20H,3-15H2,1-2H3,(H2,23,24,26). The molecule has 5 rings (SSSR count). The Kier molecular flexibility index (Phi) is 5.98. The second kappa shape index (κ2) is 8.28. The number of carbonyl (C=O) groups excluding carboxylic acids is 1. The average molecular weight is 378 g/mol. The van der Waals surface area contributed by atoms with Crippen molar-refractivity contribution in [1.82, 2.24) is 15.5 Å². The number of ether oxygens (including phenoxy) is 1. The highest BCUT2D eigenvalue weighted by molar-refractivity contribution is 5.74. The fourth-order valence-corrected chi connectivity index (χ4v) is 6.39. The van der Waals surface area contributed by atoms with Crippen molar-refractivity contribution in [2.45, 2.75) is 89.3 Å². The molecule has 0 radical (unpaired) electrons. The van der Waals surface area contributed by atoms with Crippen LogP contribution in [-0.2, 0) is 4.74 Å². The number of carbonyl (C=O) groups is 1. The van der Waals surface area contributed by atoms with Crippen LogP contribution in [0, 0.1) is 17.8 Å². The molecule has 4 saturated carbocycles. The van der Waals surface area contributed by atoms with Crippen LogP contribution in [-0.4, -0.2) is 54.9 Å². The van der Waals surface area contributed by atoms with E-state index in [9.17, 15) is 4.79 Å². The number of hydrogen-bond donors (Lipinski definition) is 2. The van der Waals surface area contributed by atoms with Gasteiger partial charge in [0.05, 0.1) is 13.2 Å². The molecular weight excluding hydrogens is 338 g/mol. The van der Waals surface area contributed by atoms with E-state index in [1.165, 1.54) is 44.9 Å². The Balaban J connectivity index is 1.21. The summed E-state index contributed by atoms with van der Waals surface area (Å²) in [5.74, 6) is 2.46. The third kappa shape index (κ3) is 4.45. The fourth-order valence-electron chi connectivity index (χ4n) is 6.39. The topological polar surface area (TPSA) is 53.6 Å². The van der Waals surface area contributed by atoms with Crippen molar-refractivity contribution in [3.05, 3.63) is 0 Å². The number of nitrogens with zero attached hydrogens (tertiary/aromatic N) is 1. The van der Waals surface area contributed by atoms with Crippen LogP contribution in [0.2, 0.25) is 0 Å². The molecule has 0 spiro atoms. The first-order valence-corrected chi connectivity index (χ1v) is 11.4. The molecule has 2 atom stereocenters. The van der Waals surface area contributed by atoms with Gasteiger partial charge in [-0.1, -0.05) is 12.8 Å². The van der Waals surface area contributed by atoms with Gasteiger partial charge in [-0.25, -0.2) is 4.79 Å². The maximum Gasteiger partial charge on any atom is 0.315 e. The monoisotopic (exact) mass is 377 g/mol. The van der Waals surface area contributed by atoms with Gasteiger partial charge in [0.25, 0.3) is 0 Å². The number of urea groups is 1. The molecule has 5 fully saturated rings. The second-order valence-electron chi connectivity index (χ2n) is 9.96. The Morgan fingerprint density at radius 1 is 1.07 bits per heavy atom. The summed E-state index contributed by atoms with van der Waals surface area (Å²) in [5.41, 5.74) is 0.285. The molecule has 0 aromatic heterocycles. The molecule has 2 bridgehead atoms. The molecule has 2 N–H and O–H groups in total. The van der Waals surface area contributed by atoms with Gasteiger partial charge in [-0.2, -0.15) is 0 Å². The molecule has 0 aromatic rings. The molecule has 2 unspecified atom stereocenters. The van der Waals surface area contributed by atoms with Crippen molar-refractivity contribution < 1.29 is 9.53 Å². The van der Waals surface area contributed by atoms with Crippen molar-refractivity contribution in [2.24, 2.45) is 17.8 Å². The van der Waals surface area contributed by atoms with Crippen LogP contribution in [0.3, 0.4) is 0 Å². The predicted octanol–water partition coefficient (Wildman–Crippen LogP) is 3.53. The summed E-state index contributed by atoms with van der Waals surface area (Å²) in [4.78, 5) is 15.2. The molecule has 2 amide bonds. The Hall–Kier alpha value is -0.810. The van der Waals surface area contributed by atoms with E-state index in [1.807, 2.05) is 0 Å². The lowest BCUT2D eigenvalue weighted by molar-refractivity contribution is -0.0320. The van der Waals surface area contributed by atoms with E-state index in [4.69, 9.17) is 4.74 Å². The minimum atomic E-state index is 0.0592. The van der Waals surface area contributed by atoms with E-state index < -0.39 is 0 Å². The van der Waals surface area contributed by atoms with Crippen molar-refractivity contribution >= 4 is 6.03 Å². The summed E-state index contributed by atoms with van der Waals surface area (Å²) in [6.07, 6.45) is 11.4. The fraction of sp³-hybridized carbons (Fsp3) is 0.955. The summed E-state index contributed by atoms with van der Waals surface area (Å²) in [6, 6.07) is 0.693. The van der Waals surface area contributed by atoms with Crippen LogP contribution >= 0.6 is 0 Å². The zero-order valence-electron chi connectivity index (χ0n) is 17.3. The third-order valence-corrected chi connectivity index (χ3v) is 8.28. The van der Waals surface area contributed by atoms with Crippen molar-refractivity contribution in [2.75, 3.05) is 26.3 Å². The quantitative estimate of drug-likeness (QED) is 0.788. The molecule has 4 aliphatic carbocycles. The Morgan fingerprint density at radius 2 is 1.74 bits per heavy atom. The van der Waals surface area contributed by atoms with Crippen LogP contribution in [0.5, 0.6) is 0 Å². The first kappa shape index (κ1) is 19.5. The lowest BCUT2D eigenvalue weighted by Gasteiger charge is -2.47. The van der Waals surface area contributed by atoms with Crippen LogP contribution in [0.25, 0.3) is 0 Å². The van der Waals surface area contributed by atoms with E-state index in [0.29, 0.717) is 18.0 Å². The number of fused-ring (bicyclic) bond motifs is 3. The summed E-state index contributed by atoms with van der Waals surface area (Å²) in [5, 5.41) is 6.57. The summed E-state index contributed by atoms with van der Waals surface area (Å²) < 4.78 is 5.51. The van der Waals surface area contributed by atoms with Crippen LogP contribution in [0.4, 0.5) is 4.79 Å².